The molecule has 0 atom stereocenters. The fraction of sp³-hybridized carbons (Fsp3) is 0.263. The predicted octanol–water partition coefficient (Wildman–Crippen LogP) is 2.08. The van der Waals surface area contributed by atoms with E-state index in [1.165, 1.54) is 18.0 Å². The first-order chi connectivity index (χ1) is 14.0. The van der Waals surface area contributed by atoms with Gasteiger partial charge in [-0.2, -0.15) is 5.10 Å². The van der Waals surface area contributed by atoms with Crippen LogP contribution < -0.4 is 16.1 Å². The second-order valence-electron chi connectivity index (χ2n) is 6.30. The molecule has 29 heavy (non-hydrogen) atoms. The maximum atomic E-state index is 12.4. The molecule has 0 aliphatic rings. The molecule has 0 fully saturated rings. The number of nitrogens with one attached hydrogen (secondary N) is 3. The lowest BCUT2D eigenvalue weighted by Crippen LogP contribution is -2.25. The summed E-state index contributed by atoms with van der Waals surface area (Å²) in [7, 11) is 1.36. The number of halogens is 1. The smallest absolute Gasteiger partial charge is 0.274 e. The summed E-state index contributed by atoms with van der Waals surface area (Å²) in [5, 5.41) is 9.86. The Morgan fingerprint density at radius 2 is 2.03 bits per heavy atom. The molecule has 0 unspecified atom stereocenters. The van der Waals surface area contributed by atoms with Crippen LogP contribution in [0.3, 0.4) is 0 Å². The predicted molar refractivity (Wildman–Crippen MR) is 105 cm³/mol. The van der Waals surface area contributed by atoms with Crippen LogP contribution in [-0.2, 0) is 4.84 Å². The standard InChI is InChI=1S/C19H21FN6O3/c1-11-4-5-13(18(27)25-29-3)8-15(11)24-17-16-12(2)14(19(28)21-7-6-20)9-26(16)23-10-22-17/h4-5,8-10H,6-7H2,1-3H3,(H,21,28)(H,25,27)(H,22,23,24). The molecule has 3 rings (SSSR count). The van der Waals surface area contributed by atoms with E-state index in [2.05, 4.69) is 31.0 Å². The highest BCUT2D eigenvalue weighted by Crippen LogP contribution is 2.27. The van der Waals surface area contributed by atoms with Gasteiger partial charge in [-0.3, -0.25) is 14.4 Å². The summed E-state index contributed by atoms with van der Waals surface area (Å²) < 4.78 is 13.9. The van der Waals surface area contributed by atoms with Crippen LogP contribution in [0.1, 0.15) is 31.8 Å². The van der Waals surface area contributed by atoms with Gasteiger partial charge in [0.1, 0.15) is 18.5 Å². The zero-order chi connectivity index (χ0) is 21.0. The number of carbonyl (C=O) groups is 2. The van der Waals surface area contributed by atoms with Crippen molar-refractivity contribution in [2.24, 2.45) is 0 Å². The Hall–Kier alpha value is -3.53. The Balaban J connectivity index is 1.99. The average Bonchev–Trinajstić information content (AvgIpc) is 3.05. The molecule has 0 radical (unpaired) electrons. The zero-order valence-electron chi connectivity index (χ0n) is 16.2. The van der Waals surface area contributed by atoms with Gasteiger partial charge in [0.25, 0.3) is 11.8 Å². The summed E-state index contributed by atoms with van der Waals surface area (Å²) in [6, 6.07) is 5.15. The SMILES string of the molecule is CONC(=O)c1ccc(C)c(Nc2ncnn3cc(C(=O)NCCF)c(C)c23)c1. The molecule has 0 aliphatic carbocycles. The van der Waals surface area contributed by atoms with Crippen LogP contribution in [-0.4, -0.2) is 46.7 Å². The highest BCUT2D eigenvalue weighted by atomic mass is 19.1. The van der Waals surface area contributed by atoms with Gasteiger partial charge in [-0.25, -0.2) is 19.4 Å². The molecular weight excluding hydrogens is 379 g/mol. The van der Waals surface area contributed by atoms with Crippen molar-refractivity contribution in [2.75, 3.05) is 25.6 Å². The van der Waals surface area contributed by atoms with Crippen LogP contribution in [0.4, 0.5) is 15.9 Å². The Morgan fingerprint density at radius 3 is 2.76 bits per heavy atom. The average molecular weight is 400 g/mol. The van der Waals surface area contributed by atoms with Gasteiger partial charge in [-0.05, 0) is 37.1 Å². The normalized spacial score (nSPS) is 10.8. The minimum atomic E-state index is -0.642. The van der Waals surface area contributed by atoms with Crippen molar-refractivity contribution in [3.05, 3.63) is 53.0 Å². The van der Waals surface area contributed by atoms with Crippen molar-refractivity contribution >= 4 is 28.8 Å². The second kappa shape index (κ2) is 8.65. The van der Waals surface area contributed by atoms with Crippen LogP contribution in [0.5, 0.6) is 0 Å². The van der Waals surface area contributed by atoms with Gasteiger partial charge in [0.15, 0.2) is 5.82 Å². The summed E-state index contributed by atoms with van der Waals surface area (Å²) in [5.41, 5.74) is 5.87. The minimum absolute atomic E-state index is 0.0588. The number of alkyl halides is 1. The maximum absolute atomic E-state index is 12.4. The zero-order valence-corrected chi connectivity index (χ0v) is 16.2. The van der Waals surface area contributed by atoms with Gasteiger partial charge in [-0.15, -0.1) is 0 Å². The molecular formula is C19H21FN6O3. The Morgan fingerprint density at radius 1 is 1.24 bits per heavy atom. The summed E-state index contributed by atoms with van der Waals surface area (Å²) in [6.45, 7) is 2.96. The highest BCUT2D eigenvalue weighted by Gasteiger charge is 2.18. The van der Waals surface area contributed by atoms with E-state index < -0.39 is 6.67 Å². The first kappa shape index (κ1) is 20.2. The number of hydrogen-bond donors (Lipinski definition) is 3. The number of fused-ring (bicyclic) bond motifs is 1. The summed E-state index contributed by atoms with van der Waals surface area (Å²) >= 11 is 0. The minimum Gasteiger partial charge on any atom is -0.349 e. The van der Waals surface area contributed by atoms with Crippen molar-refractivity contribution in [2.45, 2.75) is 13.8 Å². The number of benzene rings is 1. The van der Waals surface area contributed by atoms with Crippen LogP contribution >= 0.6 is 0 Å². The van der Waals surface area contributed by atoms with Crippen molar-refractivity contribution < 1.29 is 18.8 Å². The third-order valence-electron chi connectivity index (χ3n) is 4.40. The van der Waals surface area contributed by atoms with E-state index in [-0.39, 0.29) is 18.4 Å². The summed E-state index contributed by atoms with van der Waals surface area (Å²) in [6.07, 6.45) is 2.93. The topological polar surface area (TPSA) is 110 Å². The summed E-state index contributed by atoms with van der Waals surface area (Å²) in [4.78, 5) is 33.3. The molecule has 3 aromatic rings. The summed E-state index contributed by atoms with van der Waals surface area (Å²) in [5.74, 6) is -0.297. The number of carbonyl (C=O) groups excluding carboxylic acids is 2. The third-order valence-corrected chi connectivity index (χ3v) is 4.40. The molecule has 2 heterocycles. The van der Waals surface area contributed by atoms with Gasteiger partial charge in [0.2, 0.25) is 0 Å². The molecule has 0 aliphatic heterocycles. The number of hydrogen-bond acceptors (Lipinski definition) is 6. The number of nitrogens with zero attached hydrogens (tertiary/aromatic N) is 3. The van der Waals surface area contributed by atoms with Gasteiger partial charge >= 0.3 is 0 Å². The van der Waals surface area contributed by atoms with Crippen molar-refractivity contribution in [3.63, 3.8) is 0 Å². The Bertz CT molecular complexity index is 1070. The lowest BCUT2D eigenvalue weighted by Gasteiger charge is -2.12. The fourth-order valence-electron chi connectivity index (χ4n) is 2.91. The van der Waals surface area contributed by atoms with Crippen molar-refractivity contribution in [3.8, 4) is 0 Å². The molecule has 9 nitrogen and oxygen atoms in total. The van der Waals surface area contributed by atoms with E-state index in [1.807, 2.05) is 6.92 Å². The Kier molecular flexibility index (Phi) is 6.03. The Labute approximate surface area is 166 Å². The van der Waals surface area contributed by atoms with E-state index in [1.54, 1.807) is 31.3 Å². The quantitative estimate of drug-likeness (QED) is 0.524. The van der Waals surface area contributed by atoms with E-state index in [0.29, 0.717) is 33.7 Å². The van der Waals surface area contributed by atoms with Crippen LogP contribution in [0.2, 0.25) is 0 Å². The molecule has 3 N–H and O–H groups in total. The molecule has 0 bridgehead atoms. The van der Waals surface area contributed by atoms with Crippen LogP contribution in [0, 0.1) is 13.8 Å². The van der Waals surface area contributed by atoms with E-state index in [4.69, 9.17) is 0 Å². The first-order valence-corrected chi connectivity index (χ1v) is 8.84. The molecule has 2 amide bonds. The van der Waals surface area contributed by atoms with Crippen molar-refractivity contribution in [1.29, 1.82) is 0 Å². The lowest BCUT2D eigenvalue weighted by atomic mass is 10.1. The molecule has 1 aromatic carbocycles. The van der Waals surface area contributed by atoms with Crippen LogP contribution in [0.15, 0.2) is 30.7 Å². The number of aryl methyl sites for hydroxylation is 2. The van der Waals surface area contributed by atoms with Gasteiger partial charge in [0.05, 0.1) is 12.7 Å². The van der Waals surface area contributed by atoms with Gasteiger partial charge in [-0.1, -0.05) is 6.07 Å². The van der Waals surface area contributed by atoms with E-state index in [9.17, 15) is 14.0 Å². The highest BCUT2D eigenvalue weighted by molar-refractivity contribution is 5.99. The van der Waals surface area contributed by atoms with E-state index >= 15 is 0 Å². The number of hydroxylamine groups is 1. The number of aromatic nitrogens is 3. The number of anilines is 2. The van der Waals surface area contributed by atoms with Gasteiger partial charge in [0, 0.05) is 24.0 Å². The van der Waals surface area contributed by atoms with Crippen molar-refractivity contribution in [1.82, 2.24) is 25.4 Å². The maximum Gasteiger partial charge on any atom is 0.274 e. The van der Waals surface area contributed by atoms with E-state index in [0.717, 1.165) is 5.56 Å². The largest absolute Gasteiger partial charge is 0.349 e. The third kappa shape index (κ3) is 4.16. The lowest BCUT2D eigenvalue weighted by molar-refractivity contribution is 0.0537. The first-order valence-electron chi connectivity index (χ1n) is 8.84. The number of rotatable bonds is 7. The monoisotopic (exact) mass is 400 g/mol. The molecule has 0 saturated carbocycles. The molecule has 152 valence electrons. The molecule has 10 heteroatoms. The second-order valence-corrected chi connectivity index (χ2v) is 6.30. The fourth-order valence-corrected chi connectivity index (χ4v) is 2.91. The molecule has 0 saturated heterocycles. The van der Waals surface area contributed by atoms with Crippen LogP contribution in [0.25, 0.3) is 5.52 Å². The molecule has 0 spiro atoms. The molecule has 2 aromatic heterocycles. The number of amides is 2. The van der Waals surface area contributed by atoms with Gasteiger partial charge < -0.3 is 10.6 Å².